The van der Waals surface area contributed by atoms with E-state index in [4.69, 9.17) is 11.5 Å². The van der Waals surface area contributed by atoms with Crippen molar-refractivity contribution in [2.75, 3.05) is 18.9 Å². The van der Waals surface area contributed by atoms with Crippen LogP contribution in [-0.2, 0) is 11.3 Å². The number of carbonyl (C=O) groups is 1. The fraction of sp³-hybridized carbons (Fsp3) is 0.429. The largest absolute Gasteiger partial charge is 0.392 e. The van der Waals surface area contributed by atoms with E-state index in [0.29, 0.717) is 25.5 Å². The maximum atomic E-state index is 11.4. The summed E-state index contributed by atoms with van der Waals surface area (Å²) in [6, 6.07) is 7.24. The average molecular weight is 291 g/mol. The normalized spacial score (nSPS) is 23.2. The lowest BCUT2D eigenvalue weighted by molar-refractivity contribution is -0.122. The smallest absolute Gasteiger partial charge is 0.234 e. The second-order valence-electron chi connectivity index (χ2n) is 5.17. The lowest BCUT2D eigenvalue weighted by Crippen LogP contribution is -2.39. The third-order valence-corrected chi connectivity index (χ3v) is 3.54. The lowest BCUT2D eigenvalue weighted by atomic mass is 10.1. The summed E-state index contributed by atoms with van der Waals surface area (Å²) in [4.78, 5) is 17.2. The highest BCUT2D eigenvalue weighted by Gasteiger charge is 2.34. The quantitative estimate of drug-likeness (QED) is 0.439. The number of aliphatic hydroxyl groups excluding tert-OH is 1. The molecule has 0 bridgehead atoms. The molecule has 0 spiro atoms. The molecule has 21 heavy (non-hydrogen) atoms. The Bertz CT molecular complexity index is 546. The van der Waals surface area contributed by atoms with Gasteiger partial charge in [0.2, 0.25) is 5.91 Å². The highest BCUT2D eigenvalue weighted by atomic mass is 16.3. The van der Waals surface area contributed by atoms with E-state index in [0.717, 1.165) is 11.3 Å². The minimum atomic E-state index is -0.508. The molecule has 1 amide bonds. The van der Waals surface area contributed by atoms with E-state index < -0.39 is 18.1 Å². The molecular formula is C14H21N5O2. The van der Waals surface area contributed by atoms with Crippen molar-refractivity contribution in [2.45, 2.75) is 25.1 Å². The van der Waals surface area contributed by atoms with Gasteiger partial charge in [0.25, 0.3) is 0 Å². The van der Waals surface area contributed by atoms with Gasteiger partial charge in [0.05, 0.1) is 12.1 Å². The summed E-state index contributed by atoms with van der Waals surface area (Å²) >= 11 is 0. The Balaban J connectivity index is 2.09. The van der Waals surface area contributed by atoms with Gasteiger partial charge >= 0.3 is 0 Å². The predicted molar refractivity (Wildman–Crippen MR) is 81.6 cm³/mol. The molecule has 6 N–H and O–H groups in total. The Morgan fingerprint density at radius 2 is 2.29 bits per heavy atom. The number of anilines is 1. The molecule has 0 saturated carbocycles. The third kappa shape index (κ3) is 3.93. The van der Waals surface area contributed by atoms with Crippen LogP contribution in [0.1, 0.15) is 12.0 Å². The van der Waals surface area contributed by atoms with E-state index in [1.807, 2.05) is 29.2 Å². The van der Waals surface area contributed by atoms with E-state index in [1.54, 1.807) is 7.05 Å². The van der Waals surface area contributed by atoms with Crippen molar-refractivity contribution in [3.8, 4) is 0 Å². The van der Waals surface area contributed by atoms with Crippen LogP contribution >= 0.6 is 0 Å². The van der Waals surface area contributed by atoms with Crippen molar-refractivity contribution in [2.24, 2.45) is 16.5 Å². The van der Waals surface area contributed by atoms with Gasteiger partial charge in [-0.2, -0.15) is 0 Å². The average Bonchev–Trinajstić information content (AvgIpc) is 2.80. The van der Waals surface area contributed by atoms with Crippen molar-refractivity contribution in [3.05, 3.63) is 29.8 Å². The number of aliphatic hydroxyl groups is 1. The van der Waals surface area contributed by atoms with Crippen molar-refractivity contribution in [1.82, 2.24) is 4.90 Å². The number of nitrogens with two attached hydrogens (primary N) is 2. The van der Waals surface area contributed by atoms with Crippen molar-refractivity contribution in [3.63, 3.8) is 0 Å². The number of benzene rings is 1. The fourth-order valence-corrected chi connectivity index (χ4v) is 2.54. The van der Waals surface area contributed by atoms with Crippen LogP contribution in [0.3, 0.4) is 0 Å². The monoisotopic (exact) mass is 291 g/mol. The minimum Gasteiger partial charge on any atom is -0.392 e. The number of hydrogen-bond donors (Lipinski definition) is 4. The van der Waals surface area contributed by atoms with Gasteiger partial charge in [-0.25, -0.2) is 0 Å². The Hall–Kier alpha value is -2.12. The SMILES string of the molecule is CN=C(N)Nc1cccc(CN2C[C@@H](O)C[C@H]2C(N)=O)c1. The summed E-state index contributed by atoms with van der Waals surface area (Å²) in [6.45, 7) is 0.993. The maximum absolute atomic E-state index is 11.4. The number of β-amino-alcohol motifs (C(OH)–C–C–N with tert-alkyl or cyclic N) is 1. The van der Waals surface area contributed by atoms with Crippen LogP contribution in [0.4, 0.5) is 5.69 Å². The molecule has 1 heterocycles. The van der Waals surface area contributed by atoms with Crippen LogP contribution in [0.15, 0.2) is 29.3 Å². The number of aliphatic imine (C=N–C) groups is 1. The van der Waals surface area contributed by atoms with Crippen LogP contribution < -0.4 is 16.8 Å². The third-order valence-electron chi connectivity index (χ3n) is 3.54. The Morgan fingerprint density at radius 1 is 1.52 bits per heavy atom. The molecule has 1 saturated heterocycles. The summed E-state index contributed by atoms with van der Waals surface area (Å²) in [5, 5.41) is 12.7. The maximum Gasteiger partial charge on any atom is 0.234 e. The van der Waals surface area contributed by atoms with E-state index in [2.05, 4.69) is 10.3 Å². The first-order valence-electron chi connectivity index (χ1n) is 6.79. The van der Waals surface area contributed by atoms with Crippen molar-refractivity contribution < 1.29 is 9.90 Å². The van der Waals surface area contributed by atoms with Crippen LogP contribution in [-0.4, -0.2) is 47.6 Å². The zero-order chi connectivity index (χ0) is 15.4. The number of primary amides is 1. The topological polar surface area (TPSA) is 117 Å². The van der Waals surface area contributed by atoms with Crippen LogP contribution in [0.5, 0.6) is 0 Å². The first-order valence-corrected chi connectivity index (χ1v) is 6.79. The van der Waals surface area contributed by atoms with Gasteiger partial charge in [-0.15, -0.1) is 0 Å². The minimum absolute atomic E-state index is 0.332. The summed E-state index contributed by atoms with van der Waals surface area (Å²) < 4.78 is 0. The van der Waals surface area contributed by atoms with Crippen LogP contribution in [0.25, 0.3) is 0 Å². The second kappa shape index (κ2) is 6.55. The standard InChI is InChI=1S/C14H21N5O2/c1-17-14(16)18-10-4-2-3-9(5-10)7-19-8-11(20)6-12(19)13(15)21/h2-5,11-12,20H,6-8H2,1H3,(H2,15,21)(H3,16,17,18)/t11-,12-/m0/s1. The number of nitrogens with zero attached hydrogens (tertiary/aromatic N) is 2. The molecule has 1 aromatic rings. The number of hydrogen-bond acceptors (Lipinski definition) is 4. The summed E-state index contributed by atoms with van der Waals surface area (Å²) in [5.74, 6) is -0.0676. The van der Waals surface area contributed by atoms with Gasteiger partial charge in [0, 0.05) is 25.8 Å². The van der Waals surface area contributed by atoms with Crippen LogP contribution in [0, 0.1) is 0 Å². The molecule has 1 fully saturated rings. The highest BCUT2D eigenvalue weighted by Crippen LogP contribution is 2.21. The van der Waals surface area contributed by atoms with Gasteiger partial charge in [0.15, 0.2) is 5.96 Å². The first kappa shape index (κ1) is 15.3. The molecule has 1 aliphatic heterocycles. The number of rotatable bonds is 4. The zero-order valence-electron chi connectivity index (χ0n) is 12.0. The predicted octanol–water partition coefficient (Wildman–Crippen LogP) is -0.537. The molecule has 7 nitrogen and oxygen atoms in total. The molecule has 0 aromatic heterocycles. The molecule has 2 atom stereocenters. The van der Waals surface area contributed by atoms with E-state index in [9.17, 15) is 9.90 Å². The zero-order valence-corrected chi connectivity index (χ0v) is 12.0. The van der Waals surface area contributed by atoms with Crippen LogP contribution in [0.2, 0.25) is 0 Å². The summed E-state index contributed by atoms with van der Waals surface area (Å²) in [5.41, 5.74) is 12.8. The van der Waals surface area contributed by atoms with E-state index in [-0.39, 0.29) is 0 Å². The van der Waals surface area contributed by atoms with Crippen molar-refractivity contribution in [1.29, 1.82) is 0 Å². The first-order chi connectivity index (χ1) is 9.99. The number of carbonyl (C=O) groups excluding carboxylic acids is 1. The molecule has 0 unspecified atom stereocenters. The van der Waals surface area contributed by atoms with Gasteiger partial charge < -0.3 is 21.9 Å². The molecule has 7 heteroatoms. The second-order valence-corrected chi connectivity index (χ2v) is 5.17. The number of guanidine groups is 1. The van der Waals surface area contributed by atoms with Gasteiger partial charge in [-0.1, -0.05) is 12.1 Å². The number of amides is 1. The van der Waals surface area contributed by atoms with E-state index >= 15 is 0 Å². The highest BCUT2D eigenvalue weighted by molar-refractivity contribution is 5.92. The molecule has 1 aromatic carbocycles. The summed E-state index contributed by atoms with van der Waals surface area (Å²) in [6.07, 6.45) is -0.116. The fourth-order valence-electron chi connectivity index (χ4n) is 2.54. The molecule has 1 aliphatic rings. The molecule has 0 aliphatic carbocycles. The molecular weight excluding hydrogens is 270 g/mol. The number of nitrogens with one attached hydrogen (secondary N) is 1. The van der Waals surface area contributed by atoms with E-state index in [1.165, 1.54) is 0 Å². The lowest BCUT2D eigenvalue weighted by Gasteiger charge is -2.21. The Kier molecular flexibility index (Phi) is 4.77. The summed E-state index contributed by atoms with van der Waals surface area (Å²) in [7, 11) is 1.61. The van der Waals surface area contributed by atoms with Crippen molar-refractivity contribution >= 4 is 17.6 Å². The number of likely N-dealkylation sites (tertiary alicyclic amines) is 1. The Morgan fingerprint density at radius 3 is 2.95 bits per heavy atom. The van der Waals surface area contributed by atoms with Gasteiger partial charge in [-0.05, 0) is 24.1 Å². The van der Waals surface area contributed by atoms with Gasteiger partial charge in [-0.3, -0.25) is 14.7 Å². The molecule has 0 radical (unpaired) electrons. The molecule has 2 rings (SSSR count). The molecule has 114 valence electrons. The van der Waals surface area contributed by atoms with Gasteiger partial charge in [0.1, 0.15) is 0 Å². The Labute approximate surface area is 123 Å².